The average Bonchev–Trinajstić information content (AvgIpc) is 2.44. The predicted molar refractivity (Wildman–Crippen MR) is 76.7 cm³/mol. The molecule has 0 saturated carbocycles. The molecule has 1 aromatic heterocycles. The number of rotatable bonds is 1. The summed E-state index contributed by atoms with van der Waals surface area (Å²) in [7, 11) is 0. The zero-order valence-electron chi connectivity index (χ0n) is 10.1. The molecular formula is C15H12N2O2. The number of nitrogens with two attached hydrogens (primary N) is 2. The molecule has 4 heteroatoms. The lowest BCUT2D eigenvalue weighted by molar-refractivity contribution is 0.621. The fourth-order valence-corrected chi connectivity index (χ4v) is 2.01. The van der Waals surface area contributed by atoms with Crippen LogP contribution in [0.4, 0.5) is 11.4 Å². The normalized spacial score (nSPS) is 10.7. The Kier molecular flexibility index (Phi) is 2.49. The monoisotopic (exact) mass is 252 g/mol. The van der Waals surface area contributed by atoms with Gasteiger partial charge in [0.1, 0.15) is 11.3 Å². The Bertz CT molecular complexity index is 804. The SMILES string of the molecule is Nc1ccc(-c2oc3ccccc3c(=O)c2N)cc1. The number of benzene rings is 2. The topological polar surface area (TPSA) is 82.2 Å². The molecule has 2 aromatic carbocycles. The summed E-state index contributed by atoms with van der Waals surface area (Å²) in [6, 6.07) is 14.1. The van der Waals surface area contributed by atoms with Crippen LogP contribution < -0.4 is 16.9 Å². The first-order valence-corrected chi connectivity index (χ1v) is 5.84. The number of hydrogen-bond donors (Lipinski definition) is 2. The van der Waals surface area contributed by atoms with E-state index in [4.69, 9.17) is 15.9 Å². The van der Waals surface area contributed by atoms with Gasteiger partial charge < -0.3 is 15.9 Å². The second-order valence-corrected chi connectivity index (χ2v) is 4.29. The molecule has 0 saturated heterocycles. The average molecular weight is 252 g/mol. The van der Waals surface area contributed by atoms with E-state index in [2.05, 4.69) is 0 Å². The van der Waals surface area contributed by atoms with Crippen LogP contribution >= 0.6 is 0 Å². The van der Waals surface area contributed by atoms with E-state index in [0.717, 1.165) is 5.56 Å². The molecule has 0 aliphatic heterocycles. The standard InChI is InChI=1S/C15H12N2O2/c16-10-7-5-9(6-8-10)15-13(17)14(18)11-3-1-2-4-12(11)19-15/h1-8H,16-17H2. The maximum atomic E-state index is 12.2. The summed E-state index contributed by atoms with van der Waals surface area (Å²) >= 11 is 0. The van der Waals surface area contributed by atoms with E-state index in [1.165, 1.54) is 0 Å². The summed E-state index contributed by atoms with van der Waals surface area (Å²) in [5.41, 5.74) is 13.3. The maximum absolute atomic E-state index is 12.2. The van der Waals surface area contributed by atoms with Crippen molar-refractivity contribution in [2.45, 2.75) is 0 Å². The Balaban J connectivity index is 2.33. The van der Waals surface area contributed by atoms with E-state index in [1.54, 1.807) is 42.5 Å². The van der Waals surface area contributed by atoms with Crippen LogP contribution in [0.1, 0.15) is 0 Å². The molecule has 94 valence electrons. The van der Waals surface area contributed by atoms with Crippen molar-refractivity contribution in [1.82, 2.24) is 0 Å². The Hall–Kier alpha value is -2.75. The van der Waals surface area contributed by atoms with Gasteiger partial charge in [-0.2, -0.15) is 0 Å². The van der Waals surface area contributed by atoms with Crippen LogP contribution in [0.15, 0.2) is 57.7 Å². The Morgan fingerprint density at radius 3 is 2.32 bits per heavy atom. The van der Waals surface area contributed by atoms with Gasteiger partial charge in [-0.15, -0.1) is 0 Å². The predicted octanol–water partition coefficient (Wildman–Crippen LogP) is 2.62. The van der Waals surface area contributed by atoms with Crippen molar-refractivity contribution >= 4 is 22.3 Å². The molecule has 3 rings (SSSR count). The smallest absolute Gasteiger partial charge is 0.216 e. The zero-order valence-corrected chi connectivity index (χ0v) is 10.1. The quantitative estimate of drug-likeness (QED) is 0.652. The van der Waals surface area contributed by atoms with Crippen molar-refractivity contribution in [1.29, 1.82) is 0 Å². The fraction of sp³-hybridized carbons (Fsp3) is 0. The molecule has 0 radical (unpaired) electrons. The van der Waals surface area contributed by atoms with Crippen LogP contribution in [0.3, 0.4) is 0 Å². The molecule has 0 unspecified atom stereocenters. The highest BCUT2D eigenvalue weighted by molar-refractivity contribution is 5.85. The highest BCUT2D eigenvalue weighted by Gasteiger charge is 2.12. The molecule has 0 spiro atoms. The number of fused-ring (bicyclic) bond motifs is 1. The van der Waals surface area contributed by atoms with Crippen molar-refractivity contribution in [3.63, 3.8) is 0 Å². The third-order valence-electron chi connectivity index (χ3n) is 3.01. The van der Waals surface area contributed by atoms with E-state index in [-0.39, 0.29) is 11.1 Å². The first-order chi connectivity index (χ1) is 9.16. The minimum atomic E-state index is -0.214. The second-order valence-electron chi connectivity index (χ2n) is 4.29. The first kappa shape index (κ1) is 11.3. The Labute approximate surface area is 109 Å². The minimum absolute atomic E-state index is 0.114. The summed E-state index contributed by atoms with van der Waals surface area (Å²) in [6.45, 7) is 0. The van der Waals surface area contributed by atoms with Crippen molar-refractivity contribution in [2.24, 2.45) is 0 Å². The van der Waals surface area contributed by atoms with Gasteiger partial charge in [0.25, 0.3) is 0 Å². The Morgan fingerprint density at radius 2 is 1.58 bits per heavy atom. The lowest BCUT2D eigenvalue weighted by Crippen LogP contribution is -2.09. The van der Waals surface area contributed by atoms with Crippen LogP contribution in [0.5, 0.6) is 0 Å². The molecule has 0 bridgehead atoms. The van der Waals surface area contributed by atoms with Crippen molar-refractivity contribution in [3.8, 4) is 11.3 Å². The largest absolute Gasteiger partial charge is 0.454 e. The molecule has 19 heavy (non-hydrogen) atoms. The number of anilines is 2. The number of hydrogen-bond acceptors (Lipinski definition) is 4. The highest BCUT2D eigenvalue weighted by atomic mass is 16.3. The lowest BCUT2D eigenvalue weighted by Gasteiger charge is -2.06. The van der Waals surface area contributed by atoms with E-state index in [1.807, 2.05) is 6.07 Å². The van der Waals surface area contributed by atoms with Gasteiger partial charge in [0.05, 0.1) is 5.39 Å². The van der Waals surface area contributed by atoms with Gasteiger partial charge in [-0.3, -0.25) is 4.79 Å². The van der Waals surface area contributed by atoms with Crippen LogP contribution in [-0.2, 0) is 0 Å². The summed E-state index contributed by atoms with van der Waals surface area (Å²) in [6.07, 6.45) is 0. The van der Waals surface area contributed by atoms with E-state index in [9.17, 15) is 4.79 Å². The zero-order chi connectivity index (χ0) is 13.4. The summed E-state index contributed by atoms with van der Waals surface area (Å²) < 4.78 is 5.73. The Morgan fingerprint density at radius 1 is 0.895 bits per heavy atom. The molecule has 4 nitrogen and oxygen atoms in total. The third-order valence-corrected chi connectivity index (χ3v) is 3.01. The van der Waals surface area contributed by atoms with Crippen LogP contribution in [0, 0.1) is 0 Å². The van der Waals surface area contributed by atoms with Crippen LogP contribution in [0.25, 0.3) is 22.3 Å². The van der Waals surface area contributed by atoms with Gasteiger partial charge in [-0.1, -0.05) is 12.1 Å². The molecule has 4 N–H and O–H groups in total. The third kappa shape index (κ3) is 1.83. The molecule has 0 amide bonds. The summed E-state index contributed by atoms with van der Waals surface area (Å²) in [4.78, 5) is 12.2. The summed E-state index contributed by atoms with van der Waals surface area (Å²) in [5.74, 6) is 0.378. The summed E-state index contributed by atoms with van der Waals surface area (Å²) in [5, 5.41) is 0.485. The van der Waals surface area contributed by atoms with Crippen LogP contribution in [0.2, 0.25) is 0 Å². The van der Waals surface area contributed by atoms with Gasteiger partial charge in [0.15, 0.2) is 5.76 Å². The number of para-hydroxylation sites is 1. The first-order valence-electron chi connectivity index (χ1n) is 5.84. The van der Waals surface area contributed by atoms with Crippen molar-refractivity contribution in [2.75, 3.05) is 11.5 Å². The molecule has 0 fully saturated rings. The molecule has 3 aromatic rings. The van der Waals surface area contributed by atoms with Gasteiger partial charge in [-0.05, 0) is 36.4 Å². The maximum Gasteiger partial charge on any atom is 0.216 e. The van der Waals surface area contributed by atoms with Gasteiger partial charge in [0.2, 0.25) is 5.43 Å². The minimum Gasteiger partial charge on any atom is -0.454 e. The van der Waals surface area contributed by atoms with Gasteiger partial charge in [-0.25, -0.2) is 0 Å². The highest BCUT2D eigenvalue weighted by Crippen LogP contribution is 2.27. The molecule has 0 aliphatic carbocycles. The van der Waals surface area contributed by atoms with E-state index < -0.39 is 0 Å². The molecular weight excluding hydrogens is 240 g/mol. The molecule has 0 aliphatic rings. The van der Waals surface area contributed by atoms with Crippen molar-refractivity contribution in [3.05, 3.63) is 58.8 Å². The van der Waals surface area contributed by atoms with Crippen molar-refractivity contribution < 1.29 is 4.42 Å². The second kappa shape index (κ2) is 4.17. The number of nitrogen functional groups attached to an aromatic ring is 2. The molecule has 1 heterocycles. The van der Waals surface area contributed by atoms with E-state index in [0.29, 0.717) is 22.4 Å². The molecule has 0 atom stereocenters. The van der Waals surface area contributed by atoms with Gasteiger partial charge >= 0.3 is 0 Å². The van der Waals surface area contributed by atoms with Crippen LogP contribution in [-0.4, -0.2) is 0 Å². The fourth-order valence-electron chi connectivity index (χ4n) is 2.01. The van der Waals surface area contributed by atoms with Gasteiger partial charge in [0, 0.05) is 11.3 Å². The van der Waals surface area contributed by atoms with E-state index >= 15 is 0 Å². The lowest BCUT2D eigenvalue weighted by atomic mass is 10.1.